The minimum absolute atomic E-state index is 0.102. The maximum Gasteiger partial charge on any atom is 0.256 e. The van der Waals surface area contributed by atoms with Gasteiger partial charge in [0, 0.05) is 13.1 Å². The van der Waals surface area contributed by atoms with E-state index in [1.54, 1.807) is 12.2 Å². The summed E-state index contributed by atoms with van der Waals surface area (Å²) in [5, 5.41) is 2.74. The van der Waals surface area contributed by atoms with Crippen LogP contribution >= 0.6 is 11.6 Å². The van der Waals surface area contributed by atoms with E-state index in [1.165, 1.54) is 12.3 Å². The fourth-order valence-electron chi connectivity index (χ4n) is 0.882. The lowest BCUT2D eigenvalue weighted by Gasteiger charge is -1.98. The number of nitrogens with one attached hydrogen (secondary N) is 1. The molecule has 1 rings (SSSR count). The normalized spacial score (nSPS) is 10.7. The first kappa shape index (κ1) is 10.8. The molecule has 0 aliphatic heterocycles. The monoisotopic (exact) mass is 214 g/mol. The molecule has 0 radical (unpaired) electrons. The maximum atomic E-state index is 11.4. The quantitative estimate of drug-likeness (QED) is 0.740. The Morgan fingerprint density at radius 2 is 2.43 bits per heavy atom. The number of hydrogen-bond acceptors (Lipinski definition) is 3. The van der Waals surface area contributed by atoms with Gasteiger partial charge >= 0.3 is 0 Å². The van der Waals surface area contributed by atoms with E-state index in [-0.39, 0.29) is 11.1 Å². The summed E-state index contributed by atoms with van der Waals surface area (Å²) in [5.74, 6) is -0.259. The number of carbonyl (C=O) groups excluding carboxylic acids is 1. The lowest BCUT2D eigenvalue weighted by Crippen LogP contribution is -2.23. The van der Waals surface area contributed by atoms with E-state index < -0.39 is 0 Å². The number of carbonyl (C=O) groups is 1. The number of hydrogen-bond donors (Lipinski definition) is 2. The number of furan rings is 1. The van der Waals surface area contributed by atoms with Crippen LogP contribution in [0.15, 0.2) is 28.9 Å². The van der Waals surface area contributed by atoms with E-state index in [1.807, 2.05) is 0 Å². The molecule has 0 bridgehead atoms. The molecule has 0 aliphatic carbocycles. The first-order valence-electron chi connectivity index (χ1n) is 4.12. The van der Waals surface area contributed by atoms with Crippen LogP contribution in [0.5, 0.6) is 0 Å². The summed E-state index contributed by atoms with van der Waals surface area (Å²) in [7, 11) is 0. The number of amides is 1. The van der Waals surface area contributed by atoms with Gasteiger partial charge in [-0.2, -0.15) is 0 Å². The molecule has 1 heterocycles. The van der Waals surface area contributed by atoms with Gasteiger partial charge in [0.1, 0.15) is 0 Å². The molecular formula is C9H11ClN2O2. The van der Waals surface area contributed by atoms with E-state index in [4.69, 9.17) is 21.8 Å². The van der Waals surface area contributed by atoms with Gasteiger partial charge in [-0.3, -0.25) is 4.79 Å². The summed E-state index contributed by atoms with van der Waals surface area (Å²) in [5.41, 5.74) is 5.57. The predicted molar refractivity (Wildman–Crippen MR) is 54.2 cm³/mol. The summed E-state index contributed by atoms with van der Waals surface area (Å²) in [4.78, 5) is 11.4. The zero-order valence-electron chi connectivity index (χ0n) is 7.50. The first-order valence-corrected chi connectivity index (χ1v) is 4.49. The highest BCUT2D eigenvalue weighted by Gasteiger charge is 2.11. The molecule has 3 N–H and O–H groups in total. The highest BCUT2D eigenvalue weighted by Crippen LogP contribution is 2.15. The van der Waals surface area contributed by atoms with E-state index in [2.05, 4.69) is 5.32 Å². The van der Waals surface area contributed by atoms with Crippen molar-refractivity contribution >= 4 is 17.5 Å². The standard InChI is InChI=1S/C9H11ClN2O2/c10-8-7(3-6-14-8)9(13)12-5-2-1-4-11/h1-3,6H,4-5,11H2,(H,12,13)/b2-1+. The molecule has 0 aliphatic rings. The Morgan fingerprint density at radius 3 is 3.00 bits per heavy atom. The van der Waals surface area contributed by atoms with Crippen molar-refractivity contribution in [1.82, 2.24) is 5.32 Å². The second kappa shape index (κ2) is 5.47. The summed E-state index contributed by atoms with van der Waals surface area (Å²) < 4.78 is 4.78. The average molecular weight is 215 g/mol. The Hall–Kier alpha value is -1.26. The summed E-state index contributed by atoms with van der Waals surface area (Å²) in [6.07, 6.45) is 4.90. The van der Waals surface area contributed by atoms with Crippen LogP contribution in [0.4, 0.5) is 0 Å². The van der Waals surface area contributed by atoms with Gasteiger partial charge in [0.05, 0.1) is 11.8 Å². The molecule has 1 aromatic rings. The first-order chi connectivity index (χ1) is 6.75. The Bertz CT molecular complexity index is 333. The van der Waals surface area contributed by atoms with Gasteiger partial charge in [-0.15, -0.1) is 0 Å². The molecule has 14 heavy (non-hydrogen) atoms. The van der Waals surface area contributed by atoms with Crippen LogP contribution in [-0.2, 0) is 0 Å². The van der Waals surface area contributed by atoms with Crippen molar-refractivity contribution in [3.8, 4) is 0 Å². The van der Waals surface area contributed by atoms with Crippen molar-refractivity contribution in [2.45, 2.75) is 0 Å². The smallest absolute Gasteiger partial charge is 0.256 e. The largest absolute Gasteiger partial charge is 0.452 e. The third kappa shape index (κ3) is 2.90. The summed E-state index contributed by atoms with van der Waals surface area (Å²) in [6.45, 7) is 0.889. The second-order valence-electron chi connectivity index (χ2n) is 2.53. The number of rotatable bonds is 4. The lowest BCUT2D eigenvalue weighted by atomic mass is 10.3. The van der Waals surface area contributed by atoms with Crippen LogP contribution in [0.3, 0.4) is 0 Å². The third-order valence-corrected chi connectivity index (χ3v) is 1.84. The van der Waals surface area contributed by atoms with Crippen LogP contribution in [-0.4, -0.2) is 19.0 Å². The van der Waals surface area contributed by atoms with E-state index in [0.717, 1.165) is 0 Å². The average Bonchev–Trinajstić information content (AvgIpc) is 2.59. The molecule has 76 valence electrons. The minimum atomic E-state index is -0.259. The van der Waals surface area contributed by atoms with Gasteiger partial charge in [-0.05, 0) is 17.7 Å². The van der Waals surface area contributed by atoms with Gasteiger partial charge in [0.15, 0.2) is 0 Å². The lowest BCUT2D eigenvalue weighted by molar-refractivity contribution is 0.0957. The molecule has 1 aromatic heterocycles. The molecule has 0 unspecified atom stereocenters. The predicted octanol–water partition coefficient (Wildman–Crippen LogP) is 1.18. The molecule has 0 spiro atoms. The molecule has 1 amide bonds. The summed E-state index contributed by atoms with van der Waals surface area (Å²) in [6, 6.07) is 1.52. The van der Waals surface area contributed by atoms with Crippen molar-refractivity contribution in [2.75, 3.05) is 13.1 Å². The van der Waals surface area contributed by atoms with Crippen LogP contribution in [0.25, 0.3) is 0 Å². The van der Waals surface area contributed by atoms with E-state index in [0.29, 0.717) is 18.7 Å². The molecule has 0 saturated carbocycles. The number of nitrogens with two attached hydrogens (primary N) is 1. The SMILES string of the molecule is NC/C=C/CNC(=O)c1ccoc1Cl. The maximum absolute atomic E-state index is 11.4. The highest BCUT2D eigenvalue weighted by molar-refractivity contribution is 6.32. The molecular weight excluding hydrogens is 204 g/mol. The second-order valence-corrected chi connectivity index (χ2v) is 2.87. The van der Waals surface area contributed by atoms with E-state index in [9.17, 15) is 4.79 Å². The summed E-state index contributed by atoms with van der Waals surface area (Å²) >= 11 is 5.61. The van der Waals surface area contributed by atoms with Crippen molar-refractivity contribution in [3.05, 3.63) is 35.3 Å². The molecule has 0 atom stereocenters. The number of halogens is 1. The zero-order chi connectivity index (χ0) is 10.4. The van der Waals surface area contributed by atoms with Gasteiger partial charge in [0.2, 0.25) is 5.22 Å². The fourth-order valence-corrected chi connectivity index (χ4v) is 1.08. The van der Waals surface area contributed by atoms with Crippen LogP contribution in [0, 0.1) is 0 Å². The van der Waals surface area contributed by atoms with E-state index >= 15 is 0 Å². The minimum Gasteiger partial charge on any atom is -0.452 e. The van der Waals surface area contributed by atoms with Gasteiger partial charge in [-0.25, -0.2) is 0 Å². The fraction of sp³-hybridized carbons (Fsp3) is 0.222. The zero-order valence-corrected chi connectivity index (χ0v) is 8.25. The molecule has 4 nitrogen and oxygen atoms in total. The van der Waals surface area contributed by atoms with Crippen molar-refractivity contribution < 1.29 is 9.21 Å². The third-order valence-electron chi connectivity index (χ3n) is 1.55. The van der Waals surface area contributed by atoms with Gasteiger partial charge in [-0.1, -0.05) is 12.2 Å². The van der Waals surface area contributed by atoms with Crippen molar-refractivity contribution in [1.29, 1.82) is 0 Å². The van der Waals surface area contributed by atoms with Crippen LogP contribution in [0.1, 0.15) is 10.4 Å². The van der Waals surface area contributed by atoms with Crippen molar-refractivity contribution in [3.63, 3.8) is 0 Å². The Kier molecular flexibility index (Phi) is 4.22. The molecule has 0 aromatic carbocycles. The molecule has 0 fully saturated rings. The molecule has 5 heteroatoms. The van der Waals surface area contributed by atoms with Gasteiger partial charge < -0.3 is 15.5 Å². The highest BCUT2D eigenvalue weighted by atomic mass is 35.5. The Labute approximate surface area is 86.7 Å². The van der Waals surface area contributed by atoms with Crippen LogP contribution < -0.4 is 11.1 Å². The van der Waals surface area contributed by atoms with Gasteiger partial charge in [0.25, 0.3) is 5.91 Å². The van der Waals surface area contributed by atoms with Crippen LogP contribution in [0.2, 0.25) is 5.22 Å². The Balaban J connectivity index is 2.44. The topological polar surface area (TPSA) is 68.3 Å². The molecule has 0 saturated heterocycles. The Morgan fingerprint density at radius 1 is 1.64 bits per heavy atom. The van der Waals surface area contributed by atoms with Crippen molar-refractivity contribution in [2.24, 2.45) is 5.73 Å².